The molecule has 0 radical (unpaired) electrons. The molecule has 0 fully saturated rings. The van der Waals surface area contributed by atoms with Crippen molar-refractivity contribution in [1.29, 1.82) is 0 Å². The van der Waals surface area contributed by atoms with Gasteiger partial charge in [-0.3, -0.25) is 0 Å². The summed E-state index contributed by atoms with van der Waals surface area (Å²) in [5, 5.41) is 0. The summed E-state index contributed by atoms with van der Waals surface area (Å²) in [4.78, 5) is 11.4. The van der Waals surface area contributed by atoms with Crippen LogP contribution in [0.1, 0.15) is 15.9 Å². The Morgan fingerprint density at radius 1 is 1.10 bits per heavy atom. The maximum Gasteiger partial charge on any atom is 0.337 e. The quantitative estimate of drug-likeness (QED) is 0.793. The molecule has 0 aliphatic carbocycles. The Labute approximate surface area is 122 Å². The molecule has 0 saturated carbocycles. The Balaban J connectivity index is 2.09. The molecule has 0 aromatic heterocycles. The summed E-state index contributed by atoms with van der Waals surface area (Å²) in [6.07, 6.45) is 0. The molecule has 0 atom stereocenters. The minimum absolute atomic E-state index is 0.00807. The van der Waals surface area contributed by atoms with Gasteiger partial charge in [-0.1, -0.05) is 12.1 Å². The maximum atomic E-state index is 13.7. The van der Waals surface area contributed by atoms with Crippen molar-refractivity contribution < 1.29 is 23.4 Å². The molecule has 2 aromatic rings. The standard InChI is InChI=1S/C16H15FO4/c1-19-13-6-3-11(4-7-13)10-21-15-9-12(16(18)20-2)5-8-14(15)17/h3-9H,10H2,1-2H3. The normalized spacial score (nSPS) is 10.0. The van der Waals surface area contributed by atoms with Crippen molar-refractivity contribution in [3.63, 3.8) is 0 Å². The molecule has 4 nitrogen and oxygen atoms in total. The summed E-state index contributed by atoms with van der Waals surface area (Å²) < 4.78 is 28.7. The van der Waals surface area contributed by atoms with Gasteiger partial charge >= 0.3 is 5.97 Å². The molecule has 2 aromatic carbocycles. The van der Waals surface area contributed by atoms with Gasteiger partial charge in [-0.15, -0.1) is 0 Å². The van der Waals surface area contributed by atoms with Crippen molar-refractivity contribution in [2.24, 2.45) is 0 Å². The third-order valence-electron chi connectivity index (χ3n) is 2.91. The minimum Gasteiger partial charge on any atom is -0.497 e. The van der Waals surface area contributed by atoms with Crippen LogP contribution in [0, 0.1) is 5.82 Å². The van der Waals surface area contributed by atoms with Crippen molar-refractivity contribution in [3.05, 3.63) is 59.4 Å². The van der Waals surface area contributed by atoms with Gasteiger partial charge in [0.05, 0.1) is 19.8 Å². The highest BCUT2D eigenvalue weighted by Crippen LogP contribution is 2.21. The zero-order valence-corrected chi connectivity index (χ0v) is 11.8. The second-order valence-electron chi connectivity index (χ2n) is 4.27. The first-order valence-corrected chi connectivity index (χ1v) is 6.27. The van der Waals surface area contributed by atoms with E-state index in [9.17, 15) is 9.18 Å². The first-order chi connectivity index (χ1) is 10.1. The minimum atomic E-state index is -0.538. The van der Waals surface area contributed by atoms with Gasteiger partial charge in [0.2, 0.25) is 0 Å². The number of hydrogen-bond acceptors (Lipinski definition) is 4. The highest BCUT2D eigenvalue weighted by molar-refractivity contribution is 5.89. The zero-order valence-electron chi connectivity index (χ0n) is 11.8. The third-order valence-corrected chi connectivity index (χ3v) is 2.91. The summed E-state index contributed by atoms with van der Waals surface area (Å²) >= 11 is 0. The fourth-order valence-corrected chi connectivity index (χ4v) is 1.74. The van der Waals surface area contributed by atoms with E-state index in [2.05, 4.69) is 4.74 Å². The van der Waals surface area contributed by atoms with E-state index in [1.807, 2.05) is 12.1 Å². The Bertz CT molecular complexity index is 623. The molecule has 0 aliphatic rings. The van der Waals surface area contributed by atoms with Gasteiger partial charge < -0.3 is 14.2 Å². The Hall–Kier alpha value is -2.56. The monoisotopic (exact) mass is 290 g/mol. The van der Waals surface area contributed by atoms with Crippen LogP contribution in [0.15, 0.2) is 42.5 Å². The van der Waals surface area contributed by atoms with E-state index in [0.717, 1.165) is 11.3 Å². The predicted molar refractivity (Wildman–Crippen MR) is 75.1 cm³/mol. The highest BCUT2D eigenvalue weighted by Gasteiger charge is 2.11. The van der Waals surface area contributed by atoms with E-state index < -0.39 is 11.8 Å². The Morgan fingerprint density at radius 3 is 2.43 bits per heavy atom. The highest BCUT2D eigenvalue weighted by atomic mass is 19.1. The second-order valence-corrected chi connectivity index (χ2v) is 4.27. The lowest BCUT2D eigenvalue weighted by Gasteiger charge is -2.09. The van der Waals surface area contributed by atoms with Crippen LogP contribution in [-0.4, -0.2) is 20.2 Å². The molecule has 2 rings (SSSR count). The molecule has 0 bridgehead atoms. The predicted octanol–water partition coefficient (Wildman–Crippen LogP) is 3.20. The topological polar surface area (TPSA) is 44.8 Å². The van der Waals surface area contributed by atoms with Crippen molar-refractivity contribution in [1.82, 2.24) is 0 Å². The summed E-state index contributed by atoms with van der Waals surface area (Å²) in [7, 11) is 2.85. The Morgan fingerprint density at radius 2 is 1.81 bits per heavy atom. The van der Waals surface area contributed by atoms with Crippen LogP contribution in [0.25, 0.3) is 0 Å². The van der Waals surface area contributed by atoms with Gasteiger partial charge in [-0.2, -0.15) is 0 Å². The molecular weight excluding hydrogens is 275 g/mol. The Kier molecular flexibility index (Phi) is 4.77. The first-order valence-electron chi connectivity index (χ1n) is 6.27. The van der Waals surface area contributed by atoms with Crippen molar-refractivity contribution in [3.8, 4) is 11.5 Å². The summed E-state index contributed by atoms with van der Waals surface area (Å²) in [6.45, 7) is 0.186. The van der Waals surface area contributed by atoms with E-state index in [1.54, 1.807) is 19.2 Å². The molecule has 0 amide bonds. The number of ether oxygens (including phenoxy) is 3. The van der Waals surface area contributed by atoms with Crippen LogP contribution in [0.5, 0.6) is 11.5 Å². The summed E-state index contributed by atoms with van der Waals surface area (Å²) in [5.74, 6) is -0.327. The number of carbonyl (C=O) groups excluding carboxylic acids is 1. The average Bonchev–Trinajstić information content (AvgIpc) is 2.53. The van der Waals surface area contributed by atoms with Gasteiger partial charge in [0.25, 0.3) is 0 Å². The number of carbonyl (C=O) groups is 1. The second kappa shape index (κ2) is 6.74. The van der Waals surface area contributed by atoms with E-state index in [4.69, 9.17) is 9.47 Å². The van der Waals surface area contributed by atoms with Gasteiger partial charge in [0.15, 0.2) is 11.6 Å². The van der Waals surface area contributed by atoms with Crippen molar-refractivity contribution in [2.45, 2.75) is 6.61 Å². The number of esters is 1. The number of hydrogen-bond donors (Lipinski definition) is 0. The lowest BCUT2D eigenvalue weighted by atomic mass is 10.2. The van der Waals surface area contributed by atoms with Gasteiger partial charge in [0.1, 0.15) is 12.4 Å². The molecule has 0 unspecified atom stereocenters. The fraction of sp³-hybridized carbons (Fsp3) is 0.188. The average molecular weight is 290 g/mol. The first kappa shape index (κ1) is 14.8. The van der Waals surface area contributed by atoms with Gasteiger partial charge in [-0.25, -0.2) is 9.18 Å². The zero-order chi connectivity index (χ0) is 15.2. The number of methoxy groups -OCH3 is 2. The molecule has 0 saturated heterocycles. The van der Waals surface area contributed by atoms with Crippen LogP contribution < -0.4 is 9.47 Å². The molecule has 0 spiro atoms. The molecule has 0 aliphatic heterocycles. The smallest absolute Gasteiger partial charge is 0.337 e. The molecule has 0 N–H and O–H groups in total. The lowest BCUT2D eigenvalue weighted by molar-refractivity contribution is 0.0600. The van der Waals surface area contributed by atoms with E-state index in [1.165, 1.54) is 25.3 Å². The SMILES string of the molecule is COC(=O)c1ccc(F)c(OCc2ccc(OC)cc2)c1. The lowest BCUT2D eigenvalue weighted by Crippen LogP contribution is -2.03. The van der Waals surface area contributed by atoms with Crippen LogP contribution in [0.2, 0.25) is 0 Å². The largest absolute Gasteiger partial charge is 0.497 e. The molecule has 0 heterocycles. The number of benzene rings is 2. The van der Waals surface area contributed by atoms with Crippen molar-refractivity contribution >= 4 is 5.97 Å². The van der Waals surface area contributed by atoms with Crippen LogP contribution in [0.3, 0.4) is 0 Å². The van der Waals surface area contributed by atoms with Crippen molar-refractivity contribution in [2.75, 3.05) is 14.2 Å². The van der Waals surface area contributed by atoms with E-state index >= 15 is 0 Å². The number of halogens is 1. The van der Waals surface area contributed by atoms with E-state index in [-0.39, 0.29) is 17.9 Å². The molecule has 21 heavy (non-hydrogen) atoms. The number of rotatable bonds is 5. The van der Waals surface area contributed by atoms with Crippen LogP contribution in [0.4, 0.5) is 4.39 Å². The summed E-state index contributed by atoms with van der Waals surface area (Å²) in [6, 6.07) is 11.1. The van der Waals surface area contributed by atoms with Crippen LogP contribution in [-0.2, 0) is 11.3 Å². The van der Waals surface area contributed by atoms with Gasteiger partial charge in [-0.05, 0) is 35.9 Å². The molecule has 110 valence electrons. The van der Waals surface area contributed by atoms with Gasteiger partial charge in [0, 0.05) is 0 Å². The van der Waals surface area contributed by atoms with Crippen LogP contribution >= 0.6 is 0 Å². The summed E-state index contributed by atoms with van der Waals surface area (Å²) in [5.41, 5.74) is 1.10. The fourth-order valence-electron chi connectivity index (χ4n) is 1.74. The molecule has 5 heteroatoms. The third kappa shape index (κ3) is 3.72. The molecular formula is C16H15FO4. The maximum absolute atomic E-state index is 13.7. The van der Waals surface area contributed by atoms with E-state index in [0.29, 0.717) is 0 Å².